The van der Waals surface area contributed by atoms with Gasteiger partial charge in [0.25, 0.3) is 0 Å². The molecule has 2 aromatic rings. The first kappa shape index (κ1) is 12.5. The van der Waals surface area contributed by atoms with Crippen molar-refractivity contribution in [3.05, 3.63) is 64.4 Å². The predicted molar refractivity (Wildman–Crippen MR) is 70.8 cm³/mol. The smallest absolute Gasteiger partial charge is 0.127 e. The summed E-state index contributed by atoms with van der Waals surface area (Å²) >= 11 is 5.90. The Labute approximate surface area is 115 Å². The van der Waals surface area contributed by atoms with Gasteiger partial charge < -0.3 is 9.84 Å². The van der Waals surface area contributed by atoms with Crippen molar-refractivity contribution in [1.29, 1.82) is 0 Å². The van der Waals surface area contributed by atoms with E-state index >= 15 is 0 Å². The number of aliphatic hydroxyl groups is 1. The van der Waals surface area contributed by atoms with Crippen molar-refractivity contribution in [3.63, 3.8) is 0 Å². The predicted octanol–water partition coefficient (Wildman–Crippen LogP) is 4.04. The lowest BCUT2D eigenvalue weighted by Gasteiger charge is -2.30. The Kier molecular flexibility index (Phi) is 3.17. The van der Waals surface area contributed by atoms with Gasteiger partial charge in [0.2, 0.25) is 0 Å². The molecule has 19 heavy (non-hydrogen) atoms. The molecule has 0 radical (unpaired) electrons. The first-order chi connectivity index (χ1) is 9.13. The molecule has 0 aromatic heterocycles. The van der Waals surface area contributed by atoms with Crippen LogP contribution in [0.5, 0.6) is 5.75 Å². The summed E-state index contributed by atoms with van der Waals surface area (Å²) in [6, 6.07) is 11.4. The molecule has 0 aliphatic carbocycles. The lowest BCUT2D eigenvalue weighted by Crippen LogP contribution is -2.19. The molecule has 0 saturated carbocycles. The highest BCUT2D eigenvalue weighted by Gasteiger charge is 2.28. The second-order valence-electron chi connectivity index (χ2n) is 4.60. The molecular formula is C15H12ClFO2. The number of rotatable bonds is 1. The summed E-state index contributed by atoms with van der Waals surface area (Å²) in [6.07, 6.45) is -0.619. The van der Waals surface area contributed by atoms with Gasteiger partial charge in [-0.1, -0.05) is 23.7 Å². The Morgan fingerprint density at radius 2 is 2.05 bits per heavy atom. The molecule has 1 heterocycles. The van der Waals surface area contributed by atoms with Crippen molar-refractivity contribution in [2.45, 2.75) is 18.6 Å². The van der Waals surface area contributed by atoms with Crippen LogP contribution in [0.3, 0.4) is 0 Å². The van der Waals surface area contributed by atoms with Crippen LogP contribution in [-0.4, -0.2) is 5.11 Å². The maximum Gasteiger partial charge on any atom is 0.127 e. The minimum Gasteiger partial charge on any atom is -0.485 e. The minimum absolute atomic E-state index is 0.308. The van der Waals surface area contributed by atoms with Gasteiger partial charge in [-0.3, -0.25) is 0 Å². The molecule has 2 aromatic carbocycles. The number of halogens is 2. The number of benzene rings is 2. The molecule has 3 rings (SSSR count). The molecule has 1 aliphatic rings. The van der Waals surface area contributed by atoms with Gasteiger partial charge in [0.1, 0.15) is 17.7 Å². The van der Waals surface area contributed by atoms with Crippen molar-refractivity contribution in [1.82, 2.24) is 0 Å². The van der Waals surface area contributed by atoms with Gasteiger partial charge in [-0.25, -0.2) is 4.39 Å². The summed E-state index contributed by atoms with van der Waals surface area (Å²) in [6.45, 7) is 0. The van der Waals surface area contributed by atoms with E-state index < -0.39 is 6.10 Å². The molecule has 0 spiro atoms. The van der Waals surface area contributed by atoms with Gasteiger partial charge in [-0.2, -0.15) is 0 Å². The Hall–Kier alpha value is -1.58. The van der Waals surface area contributed by atoms with Crippen LogP contribution in [0.1, 0.15) is 29.8 Å². The normalized spacial score (nSPS) is 21.6. The quantitative estimate of drug-likeness (QED) is 0.853. The lowest BCUT2D eigenvalue weighted by molar-refractivity contribution is 0.0656. The van der Waals surface area contributed by atoms with E-state index in [4.69, 9.17) is 16.3 Å². The lowest BCUT2D eigenvalue weighted by atomic mass is 9.95. The van der Waals surface area contributed by atoms with Gasteiger partial charge in [0.05, 0.1) is 6.10 Å². The molecule has 4 heteroatoms. The average molecular weight is 279 g/mol. The molecular weight excluding hydrogens is 267 g/mol. The SMILES string of the molecule is O[C@@H]1CC(c2cccc(F)c2)Oc2ccc(Cl)cc21. The summed E-state index contributed by atoms with van der Waals surface area (Å²) in [4.78, 5) is 0. The Bertz CT molecular complexity index is 615. The largest absolute Gasteiger partial charge is 0.485 e. The second kappa shape index (κ2) is 4.83. The third-order valence-electron chi connectivity index (χ3n) is 3.26. The second-order valence-corrected chi connectivity index (χ2v) is 5.03. The summed E-state index contributed by atoms with van der Waals surface area (Å²) in [7, 11) is 0. The molecule has 0 amide bonds. The zero-order valence-corrected chi connectivity index (χ0v) is 10.8. The Morgan fingerprint density at radius 1 is 1.21 bits per heavy atom. The summed E-state index contributed by atoms with van der Waals surface area (Å²) < 4.78 is 19.0. The molecule has 1 N–H and O–H groups in total. The molecule has 98 valence electrons. The summed E-state index contributed by atoms with van der Waals surface area (Å²) in [5, 5.41) is 10.7. The van der Waals surface area contributed by atoms with Gasteiger partial charge in [-0.15, -0.1) is 0 Å². The first-order valence-electron chi connectivity index (χ1n) is 6.03. The minimum atomic E-state index is -0.657. The third-order valence-corrected chi connectivity index (χ3v) is 3.49. The van der Waals surface area contributed by atoms with Crippen LogP contribution in [0.25, 0.3) is 0 Å². The number of hydrogen-bond acceptors (Lipinski definition) is 2. The van der Waals surface area contributed by atoms with Crippen LogP contribution >= 0.6 is 11.6 Å². The van der Waals surface area contributed by atoms with Gasteiger partial charge >= 0.3 is 0 Å². The summed E-state index contributed by atoms with van der Waals surface area (Å²) in [5.74, 6) is 0.287. The van der Waals surface area contributed by atoms with Gasteiger partial charge in [-0.05, 0) is 35.9 Å². The fourth-order valence-corrected chi connectivity index (χ4v) is 2.51. The highest BCUT2D eigenvalue weighted by atomic mass is 35.5. The van der Waals surface area contributed by atoms with E-state index in [1.165, 1.54) is 12.1 Å². The molecule has 0 saturated heterocycles. The van der Waals surface area contributed by atoms with E-state index in [2.05, 4.69) is 0 Å². The Morgan fingerprint density at radius 3 is 2.84 bits per heavy atom. The molecule has 2 atom stereocenters. The average Bonchev–Trinajstić information content (AvgIpc) is 2.39. The van der Waals surface area contributed by atoms with Crippen LogP contribution in [0, 0.1) is 5.82 Å². The van der Waals surface area contributed by atoms with Crippen molar-refractivity contribution in [2.75, 3.05) is 0 Å². The standard InChI is InChI=1S/C15H12ClFO2/c16-10-4-5-14-12(7-10)13(18)8-15(19-14)9-2-1-3-11(17)6-9/h1-7,13,15,18H,8H2/t13-,15?/m1/s1. The van der Waals surface area contributed by atoms with Crippen LogP contribution in [0.2, 0.25) is 5.02 Å². The Balaban J connectivity index is 1.95. The van der Waals surface area contributed by atoms with Crippen LogP contribution in [-0.2, 0) is 0 Å². The van der Waals surface area contributed by atoms with E-state index in [0.717, 1.165) is 5.56 Å². The molecule has 2 nitrogen and oxygen atoms in total. The summed E-state index contributed by atoms with van der Waals surface area (Å²) in [5.41, 5.74) is 1.40. The first-order valence-corrected chi connectivity index (χ1v) is 6.41. The van der Waals surface area contributed by atoms with Gasteiger partial charge in [0, 0.05) is 17.0 Å². The maximum absolute atomic E-state index is 13.2. The maximum atomic E-state index is 13.2. The fourth-order valence-electron chi connectivity index (χ4n) is 2.33. The zero-order valence-electron chi connectivity index (χ0n) is 10.0. The molecule has 0 bridgehead atoms. The van der Waals surface area contributed by atoms with E-state index in [9.17, 15) is 9.50 Å². The molecule has 1 aliphatic heterocycles. The van der Waals surface area contributed by atoms with Crippen molar-refractivity contribution < 1.29 is 14.2 Å². The number of ether oxygens (including phenoxy) is 1. The van der Waals surface area contributed by atoms with Gasteiger partial charge in [0.15, 0.2) is 0 Å². The van der Waals surface area contributed by atoms with E-state index in [0.29, 0.717) is 22.8 Å². The molecule has 0 fully saturated rings. The number of aliphatic hydroxyl groups excluding tert-OH is 1. The highest BCUT2D eigenvalue weighted by molar-refractivity contribution is 6.30. The fraction of sp³-hybridized carbons (Fsp3) is 0.200. The van der Waals surface area contributed by atoms with Crippen molar-refractivity contribution in [2.24, 2.45) is 0 Å². The highest BCUT2D eigenvalue weighted by Crippen LogP contribution is 2.41. The van der Waals surface area contributed by atoms with Crippen molar-refractivity contribution in [3.8, 4) is 5.75 Å². The van der Waals surface area contributed by atoms with E-state index in [1.807, 2.05) is 0 Å². The van der Waals surface area contributed by atoms with Crippen LogP contribution < -0.4 is 4.74 Å². The number of hydrogen-bond donors (Lipinski definition) is 1. The monoisotopic (exact) mass is 278 g/mol. The zero-order chi connectivity index (χ0) is 13.4. The van der Waals surface area contributed by atoms with E-state index in [-0.39, 0.29) is 11.9 Å². The van der Waals surface area contributed by atoms with Crippen LogP contribution in [0.4, 0.5) is 4.39 Å². The van der Waals surface area contributed by atoms with Crippen LogP contribution in [0.15, 0.2) is 42.5 Å². The third kappa shape index (κ3) is 2.44. The number of fused-ring (bicyclic) bond motifs is 1. The van der Waals surface area contributed by atoms with Crippen molar-refractivity contribution >= 4 is 11.6 Å². The molecule has 1 unspecified atom stereocenters. The topological polar surface area (TPSA) is 29.5 Å². The van der Waals surface area contributed by atoms with E-state index in [1.54, 1.807) is 30.3 Å².